The second-order valence-electron chi connectivity index (χ2n) is 3.18. The van der Waals surface area contributed by atoms with Crippen molar-refractivity contribution in [2.24, 2.45) is 11.8 Å². The van der Waals surface area contributed by atoms with Crippen molar-refractivity contribution in [1.82, 2.24) is 0 Å². The van der Waals surface area contributed by atoms with E-state index >= 15 is 0 Å². The van der Waals surface area contributed by atoms with Crippen LogP contribution in [0.25, 0.3) is 0 Å². The average Bonchev–Trinajstić information content (AvgIpc) is 2.08. The molecule has 1 saturated heterocycles. The number of aldehydes is 1. The van der Waals surface area contributed by atoms with E-state index in [1.165, 1.54) is 0 Å². The molecule has 1 heterocycles. The molecule has 0 bridgehead atoms. The summed E-state index contributed by atoms with van der Waals surface area (Å²) in [7, 11) is 0. The lowest BCUT2D eigenvalue weighted by molar-refractivity contribution is -0.177. The fraction of sp³-hybridized carbons (Fsp3) is 0.750. The Kier molecular flexibility index (Phi) is 2.47. The summed E-state index contributed by atoms with van der Waals surface area (Å²) in [6, 6.07) is 0. The lowest BCUT2D eigenvalue weighted by Gasteiger charge is -2.33. The summed E-state index contributed by atoms with van der Waals surface area (Å²) < 4.78 is 4.76. The summed E-state index contributed by atoms with van der Waals surface area (Å²) in [5, 5.41) is 9.46. The van der Waals surface area contributed by atoms with Gasteiger partial charge in [-0.1, -0.05) is 6.92 Å². The van der Waals surface area contributed by atoms with Gasteiger partial charge in [-0.05, 0) is 6.92 Å². The van der Waals surface area contributed by atoms with Crippen LogP contribution in [0.4, 0.5) is 0 Å². The van der Waals surface area contributed by atoms with E-state index in [1.54, 1.807) is 13.8 Å². The Balaban J connectivity index is 2.76. The number of esters is 1. The number of rotatable bonds is 1. The largest absolute Gasteiger partial charge is 0.454 e. The van der Waals surface area contributed by atoms with Gasteiger partial charge in [-0.3, -0.25) is 9.59 Å². The molecule has 1 aliphatic heterocycles. The monoisotopic (exact) mass is 172 g/mol. The van der Waals surface area contributed by atoms with Gasteiger partial charge in [-0.15, -0.1) is 0 Å². The van der Waals surface area contributed by atoms with Crippen LogP contribution in [-0.4, -0.2) is 29.6 Å². The minimum absolute atomic E-state index is 0.310. The molecular weight excluding hydrogens is 160 g/mol. The lowest BCUT2D eigenvalue weighted by atomic mass is 9.87. The molecule has 1 fully saturated rings. The van der Waals surface area contributed by atoms with Gasteiger partial charge in [0.05, 0.1) is 12.0 Å². The Morgan fingerprint density at radius 1 is 1.50 bits per heavy atom. The molecule has 1 rings (SSSR count). The van der Waals surface area contributed by atoms with Gasteiger partial charge in [-0.2, -0.15) is 0 Å². The highest BCUT2D eigenvalue weighted by atomic mass is 16.6. The van der Waals surface area contributed by atoms with Gasteiger partial charge in [0, 0.05) is 5.92 Å². The molecule has 0 saturated carbocycles. The molecule has 0 aliphatic carbocycles. The third-order valence-electron chi connectivity index (χ3n) is 2.33. The van der Waals surface area contributed by atoms with Crippen molar-refractivity contribution in [2.45, 2.75) is 26.1 Å². The first-order valence-corrected chi connectivity index (χ1v) is 3.91. The number of aliphatic hydroxyl groups is 1. The number of hydrogen-bond donors (Lipinski definition) is 1. The summed E-state index contributed by atoms with van der Waals surface area (Å²) in [6.45, 7) is 3.27. The maximum Gasteiger partial charge on any atom is 0.312 e. The molecule has 0 aromatic carbocycles. The van der Waals surface area contributed by atoms with Crippen molar-refractivity contribution in [3.8, 4) is 0 Å². The van der Waals surface area contributed by atoms with Crippen LogP contribution in [0.1, 0.15) is 13.8 Å². The van der Waals surface area contributed by atoms with Crippen LogP contribution < -0.4 is 0 Å². The maximum atomic E-state index is 11.0. The maximum absolute atomic E-state index is 11.0. The first-order valence-electron chi connectivity index (χ1n) is 3.91. The van der Waals surface area contributed by atoms with Gasteiger partial charge in [0.1, 0.15) is 0 Å². The predicted octanol–water partition coefficient (Wildman–Crippen LogP) is -0.256. The first kappa shape index (κ1) is 9.19. The Morgan fingerprint density at radius 3 is 2.58 bits per heavy atom. The highest BCUT2D eigenvalue weighted by Crippen LogP contribution is 2.24. The summed E-state index contributed by atoms with van der Waals surface area (Å²) in [6.07, 6.45) is -1.01. The standard InChI is InChI=1S/C8H12O4/c1-4-6(3-9)12-8(11)5(2)7(4)10/h3-7,10H,1-2H3/t4-,5+,6+,7-/m0/s1. The zero-order valence-electron chi connectivity index (χ0n) is 7.06. The quantitative estimate of drug-likeness (QED) is 0.437. The van der Waals surface area contributed by atoms with E-state index in [0.29, 0.717) is 6.29 Å². The zero-order valence-corrected chi connectivity index (χ0v) is 7.06. The third-order valence-corrected chi connectivity index (χ3v) is 2.33. The number of carbonyl (C=O) groups excluding carboxylic acids is 2. The number of hydrogen-bond acceptors (Lipinski definition) is 4. The van der Waals surface area contributed by atoms with Gasteiger partial charge in [0.2, 0.25) is 0 Å². The molecule has 0 amide bonds. The van der Waals surface area contributed by atoms with Gasteiger partial charge in [-0.25, -0.2) is 0 Å². The summed E-state index contributed by atoms with van der Waals surface area (Å²) >= 11 is 0. The highest BCUT2D eigenvalue weighted by Gasteiger charge is 2.40. The van der Waals surface area contributed by atoms with Crippen LogP contribution in [0.5, 0.6) is 0 Å². The van der Waals surface area contributed by atoms with E-state index in [9.17, 15) is 14.7 Å². The molecule has 4 heteroatoms. The Morgan fingerprint density at radius 2 is 2.08 bits per heavy atom. The second kappa shape index (κ2) is 3.23. The molecule has 1 N–H and O–H groups in total. The molecule has 4 nitrogen and oxygen atoms in total. The molecule has 0 aromatic heterocycles. The van der Waals surface area contributed by atoms with Crippen LogP contribution in [0, 0.1) is 11.8 Å². The molecule has 0 aromatic rings. The molecule has 68 valence electrons. The predicted molar refractivity (Wildman–Crippen MR) is 40.3 cm³/mol. The normalized spacial score (nSPS) is 42.1. The number of cyclic esters (lactones) is 1. The van der Waals surface area contributed by atoms with E-state index in [2.05, 4.69) is 0 Å². The third kappa shape index (κ3) is 1.34. The summed E-state index contributed by atoms with van der Waals surface area (Å²) in [5.41, 5.74) is 0. The minimum Gasteiger partial charge on any atom is -0.454 e. The minimum atomic E-state index is -0.788. The smallest absolute Gasteiger partial charge is 0.312 e. The molecule has 4 atom stereocenters. The van der Waals surface area contributed by atoms with Gasteiger partial charge >= 0.3 is 5.97 Å². The SMILES string of the molecule is C[C@@H]1[C@H](O)[C@@H](C)C(=O)O[C@@H]1C=O. The molecule has 1 aliphatic rings. The second-order valence-corrected chi connectivity index (χ2v) is 3.18. The topological polar surface area (TPSA) is 63.6 Å². The van der Waals surface area contributed by atoms with E-state index in [0.717, 1.165) is 0 Å². The Bertz CT molecular complexity index is 199. The fourth-order valence-corrected chi connectivity index (χ4v) is 1.29. The number of aliphatic hydroxyl groups excluding tert-OH is 1. The first-order chi connectivity index (χ1) is 5.57. The van der Waals surface area contributed by atoms with E-state index < -0.39 is 24.1 Å². The Hall–Kier alpha value is -0.900. The van der Waals surface area contributed by atoms with Crippen molar-refractivity contribution in [1.29, 1.82) is 0 Å². The van der Waals surface area contributed by atoms with Crippen molar-refractivity contribution < 1.29 is 19.4 Å². The van der Waals surface area contributed by atoms with E-state index in [1.807, 2.05) is 0 Å². The fourth-order valence-electron chi connectivity index (χ4n) is 1.29. The zero-order chi connectivity index (χ0) is 9.30. The van der Waals surface area contributed by atoms with Crippen molar-refractivity contribution in [2.75, 3.05) is 0 Å². The number of carbonyl (C=O) groups is 2. The van der Waals surface area contributed by atoms with Crippen molar-refractivity contribution in [3.63, 3.8) is 0 Å². The molecule has 0 radical (unpaired) electrons. The highest BCUT2D eigenvalue weighted by molar-refractivity contribution is 5.77. The lowest BCUT2D eigenvalue weighted by Crippen LogP contribution is -2.47. The van der Waals surface area contributed by atoms with E-state index in [-0.39, 0.29) is 5.92 Å². The molecule has 0 unspecified atom stereocenters. The van der Waals surface area contributed by atoms with Gasteiger partial charge in [0.25, 0.3) is 0 Å². The van der Waals surface area contributed by atoms with Crippen molar-refractivity contribution in [3.05, 3.63) is 0 Å². The average molecular weight is 172 g/mol. The van der Waals surface area contributed by atoms with Crippen molar-refractivity contribution >= 4 is 12.3 Å². The van der Waals surface area contributed by atoms with E-state index in [4.69, 9.17) is 4.74 Å². The summed E-state index contributed by atoms with van der Waals surface area (Å²) in [5.74, 6) is -1.34. The van der Waals surface area contributed by atoms with Gasteiger partial charge < -0.3 is 9.84 Å². The Labute approximate surface area is 70.5 Å². The molecular formula is C8H12O4. The van der Waals surface area contributed by atoms with Crippen LogP contribution in [0.15, 0.2) is 0 Å². The van der Waals surface area contributed by atoms with Crippen LogP contribution >= 0.6 is 0 Å². The molecule has 0 spiro atoms. The van der Waals surface area contributed by atoms with Crippen LogP contribution in [0.3, 0.4) is 0 Å². The van der Waals surface area contributed by atoms with Crippen LogP contribution in [-0.2, 0) is 14.3 Å². The van der Waals surface area contributed by atoms with Gasteiger partial charge in [0.15, 0.2) is 12.4 Å². The van der Waals surface area contributed by atoms with Crippen LogP contribution in [0.2, 0.25) is 0 Å². The summed E-state index contributed by atoms with van der Waals surface area (Å²) in [4.78, 5) is 21.4. The number of ether oxygens (including phenoxy) is 1. The molecule has 12 heavy (non-hydrogen) atoms.